The van der Waals surface area contributed by atoms with Gasteiger partial charge in [0, 0.05) is 24.5 Å². The molecule has 2 N–H and O–H groups in total. The SMILES string of the molecule is NC(Cc1ccncc1Cl)c1cc(F)cc(F)c1. The minimum absolute atomic E-state index is 0.393. The lowest BCUT2D eigenvalue weighted by atomic mass is 10.00. The summed E-state index contributed by atoms with van der Waals surface area (Å²) in [6.07, 6.45) is 3.50. The van der Waals surface area contributed by atoms with E-state index in [1.807, 2.05) is 0 Å². The Bertz CT molecular complexity index is 540. The first kappa shape index (κ1) is 12.9. The smallest absolute Gasteiger partial charge is 0.126 e. The summed E-state index contributed by atoms with van der Waals surface area (Å²) in [6, 6.07) is 4.48. The lowest BCUT2D eigenvalue weighted by Gasteiger charge is -2.13. The van der Waals surface area contributed by atoms with E-state index < -0.39 is 17.7 Å². The van der Waals surface area contributed by atoms with E-state index in [1.165, 1.54) is 18.3 Å². The highest BCUT2D eigenvalue weighted by atomic mass is 35.5. The van der Waals surface area contributed by atoms with Gasteiger partial charge in [0.25, 0.3) is 0 Å². The van der Waals surface area contributed by atoms with Gasteiger partial charge in [-0.1, -0.05) is 11.6 Å². The number of halogens is 3. The molecule has 2 nitrogen and oxygen atoms in total. The summed E-state index contributed by atoms with van der Waals surface area (Å²) < 4.78 is 26.1. The van der Waals surface area contributed by atoms with Crippen LogP contribution in [0.15, 0.2) is 36.7 Å². The van der Waals surface area contributed by atoms with Crippen molar-refractivity contribution in [1.82, 2.24) is 4.98 Å². The fraction of sp³-hybridized carbons (Fsp3) is 0.154. The second kappa shape index (κ2) is 5.42. The van der Waals surface area contributed by atoms with Gasteiger partial charge in [-0.3, -0.25) is 4.98 Å². The first-order chi connectivity index (χ1) is 8.56. The standard InChI is InChI=1S/C13H11ClF2N2/c14-12-7-18-2-1-8(12)5-13(17)9-3-10(15)6-11(16)4-9/h1-4,6-7,13H,5,17H2. The second-order valence-electron chi connectivity index (χ2n) is 3.98. The molecule has 1 aromatic carbocycles. The molecular weight excluding hydrogens is 258 g/mol. The highest BCUT2D eigenvalue weighted by Gasteiger charge is 2.11. The molecule has 18 heavy (non-hydrogen) atoms. The first-order valence-corrected chi connectivity index (χ1v) is 5.74. The highest BCUT2D eigenvalue weighted by molar-refractivity contribution is 6.31. The molecule has 0 bridgehead atoms. The highest BCUT2D eigenvalue weighted by Crippen LogP contribution is 2.22. The summed E-state index contributed by atoms with van der Waals surface area (Å²) >= 11 is 5.95. The van der Waals surface area contributed by atoms with Crippen molar-refractivity contribution < 1.29 is 8.78 Å². The molecule has 0 spiro atoms. The van der Waals surface area contributed by atoms with Crippen molar-refractivity contribution in [3.63, 3.8) is 0 Å². The van der Waals surface area contributed by atoms with E-state index in [2.05, 4.69) is 4.98 Å². The van der Waals surface area contributed by atoms with Gasteiger partial charge in [-0.05, 0) is 35.7 Å². The van der Waals surface area contributed by atoms with Gasteiger partial charge in [0.2, 0.25) is 0 Å². The molecule has 94 valence electrons. The Kier molecular flexibility index (Phi) is 3.89. The monoisotopic (exact) mass is 268 g/mol. The van der Waals surface area contributed by atoms with Gasteiger partial charge < -0.3 is 5.73 Å². The van der Waals surface area contributed by atoms with Gasteiger partial charge in [-0.25, -0.2) is 8.78 Å². The Balaban J connectivity index is 2.22. The molecule has 0 radical (unpaired) electrons. The van der Waals surface area contributed by atoms with Gasteiger partial charge in [0.05, 0.1) is 5.02 Å². The Morgan fingerprint density at radius 2 is 1.89 bits per heavy atom. The molecule has 1 heterocycles. The Morgan fingerprint density at radius 1 is 1.22 bits per heavy atom. The van der Waals surface area contributed by atoms with Crippen LogP contribution in [0.5, 0.6) is 0 Å². The molecular formula is C13H11ClF2N2. The lowest BCUT2D eigenvalue weighted by molar-refractivity contribution is 0.572. The predicted octanol–water partition coefficient (Wildman–Crippen LogP) is 3.26. The summed E-state index contributed by atoms with van der Waals surface area (Å²) in [4.78, 5) is 3.86. The number of hydrogen-bond donors (Lipinski definition) is 1. The van der Waals surface area contributed by atoms with Crippen molar-refractivity contribution in [2.45, 2.75) is 12.5 Å². The summed E-state index contributed by atoms with van der Waals surface area (Å²) in [7, 11) is 0. The van der Waals surface area contributed by atoms with Gasteiger partial charge in [0.1, 0.15) is 11.6 Å². The zero-order chi connectivity index (χ0) is 13.1. The first-order valence-electron chi connectivity index (χ1n) is 5.36. The maximum Gasteiger partial charge on any atom is 0.126 e. The summed E-state index contributed by atoms with van der Waals surface area (Å²) in [5, 5.41) is 0.491. The number of benzene rings is 1. The minimum atomic E-state index is -0.638. The zero-order valence-electron chi connectivity index (χ0n) is 9.41. The topological polar surface area (TPSA) is 38.9 Å². The van der Waals surface area contributed by atoms with Crippen molar-refractivity contribution in [3.05, 3.63) is 64.4 Å². The maximum atomic E-state index is 13.1. The van der Waals surface area contributed by atoms with Gasteiger partial charge in [0.15, 0.2) is 0 Å². The van der Waals surface area contributed by atoms with Crippen LogP contribution in [-0.2, 0) is 6.42 Å². The molecule has 0 aliphatic rings. The molecule has 1 aromatic heterocycles. The Morgan fingerprint density at radius 3 is 2.50 bits per heavy atom. The van der Waals surface area contributed by atoms with E-state index in [-0.39, 0.29) is 0 Å². The van der Waals surface area contributed by atoms with Crippen LogP contribution in [-0.4, -0.2) is 4.98 Å². The van der Waals surface area contributed by atoms with Crippen LogP contribution in [0.1, 0.15) is 17.2 Å². The van der Waals surface area contributed by atoms with Crippen LogP contribution in [0, 0.1) is 11.6 Å². The number of rotatable bonds is 3. The molecule has 1 unspecified atom stereocenters. The summed E-state index contributed by atoms with van der Waals surface area (Å²) in [5.41, 5.74) is 7.12. The molecule has 0 fully saturated rings. The van der Waals surface area contributed by atoms with Gasteiger partial charge >= 0.3 is 0 Å². The number of nitrogens with zero attached hydrogens (tertiary/aromatic N) is 1. The number of pyridine rings is 1. The van der Waals surface area contributed by atoms with Crippen LogP contribution in [0.2, 0.25) is 5.02 Å². The molecule has 0 saturated carbocycles. The van der Waals surface area contributed by atoms with Gasteiger partial charge in [-0.15, -0.1) is 0 Å². The fourth-order valence-electron chi connectivity index (χ4n) is 1.71. The molecule has 5 heteroatoms. The number of hydrogen-bond acceptors (Lipinski definition) is 2. The van der Waals surface area contributed by atoms with Crippen molar-refractivity contribution >= 4 is 11.6 Å². The Hall–Kier alpha value is -1.52. The maximum absolute atomic E-state index is 13.1. The molecule has 1 atom stereocenters. The van der Waals surface area contributed by atoms with E-state index in [0.717, 1.165) is 11.6 Å². The number of nitrogens with two attached hydrogens (primary N) is 1. The molecule has 0 aliphatic heterocycles. The third-order valence-corrected chi connectivity index (χ3v) is 2.95. The minimum Gasteiger partial charge on any atom is -0.324 e. The number of aromatic nitrogens is 1. The summed E-state index contributed by atoms with van der Waals surface area (Å²) in [5.74, 6) is -1.28. The van der Waals surface area contributed by atoms with Crippen molar-refractivity contribution in [3.8, 4) is 0 Å². The quantitative estimate of drug-likeness (QED) is 0.928. The molecule has 2 aromatic rings. The van der Waals surface area contributed by atoms with E-state index in [4.69, 9.17) is 17.3 Å². The fourth-order valence-corrected chi connectivity index (χ4v) is 1.91. The van der Waals surface area contributed by atoms with Crippen LogP contribution in [0.3, 0.4) is 0 Å². The van der Waals surface area contributed by atoms with Crippen molar-refractivity contribution in [2.24, 2.45) is 5.73 Å². The van der Waals surface area contributed by atoms with E-state index in [0.29, 0.717) is 17.0 Å². The molecule has 0 saturated heterocycles. The van der Waals surface area contributed by atoms with Crippen LogP contribution in [0.25, 0.3) is 0 Å². The van der Waals surface area contributed by atoms with Crippen LogP contribution in [0.4, 0.5) is 8.78 Å². The Labute approximate surface area is 108 Å². The zero-order valence-corrected chi connectivity index (χ0v) is 10.2. The van der Waals surface area contributed by atoms with Crippen LogP contribution >= 0.6 is 11.6 Å². The molecule has 2 rings (SSSR count). The van der Waals surface area contributed by atoms with Crippen molar-refractivity contribution in [2.75, 3.05) is 0 Å². The van der Waals surface area contributed by atoms with E-state index in [9.17, 15) is 8.78 Å². The third-order valence-electron chi connectivity index (χ3n) is 2.61. The average Bonchev–Trinajstić information content (AvgIpc) is 2.31. The van der Waals surface area contributed by atoms with E-state index >= 15 is 0 Å². The average molecular weight is 269 g/mol. The largest absolute Gasteiger partial charge is 0.324 e. The second-order valence-corrected chi connectivity index (χ2v) is 4.39. The third kappa shape index (κ3) is 3.03. The normalized spacial score (nSPS) is 12.4. The molecule has 0 amide bonds. The summed E-state index contributed by atoms with van der Waals surface area (Å²) in [6.45, 7) is 0. The lowest BCUT2D eigenvalue weighted by Crippen LogP contribution is -2.14. The van der Waals surface area contributed by atoms with E-state index in [1.54, 1.807) is 12.3 Å². The molecule has 0 aliphatic carbocycles. The predicted molar refractivity (Wildman–Crippen MR) is 66.2 cm³/mol. The van der Waals surface area contributed by atoms with Crippen molar-refractivity contribution in [1.29, 1.82) is 0 Å². The van der Waals surface area contributed by atoms with Crippen LogP contribution < -0.4 is 5.73 Å². The van der Waals surface area contributed by atoms with Gasteiger partial charge in [-0.2, -0.15) is 0 Å².